The lowest BCUT2D eigenvalue weighted by atomic mass is 9.99. The van der Waals surface area contributed by atoms with Gasteiger partial charge in [-0.05, 0) is 69.8 Å². The molecule has 10 heteroatoms. The van der Waals surface area contributed by atoms with Crippen LogP contribution in [0.5, 0.6) is 0 Å². The van der Waals surface area contributed by atoms with E-state index < -0.39 is 30.6 Å². The highest BCUT2D eigenvalue weighted by Gasteiger charge is 2.29. The molecule has 1 atom stereocenters. The zero-order valence-electron chi connectivity index (χ0n) is 17.9. The maximum atomic E-state index is 12.3. The van der Waals surface area contributed by atoms with Gasteiger partial charge in [-0.25, -0.2) is 9.59 Å². The molecule has 0 aliphatic carbocycles. The number of alkyl halides is 3. The van der Waals surface area contributed by atoms with Gasteiger partial charge in [-0.15, -0.1) is 13.2 Å². The number of rotatable bonds is 7. The highest BCUT2D eigenvalue weighted by molar-refractivity contribution is 5.87. The van der Waals surface area contributed by atoms with Gasteiger partial charge in [0.1, 0.15) is 5.60 Å². The normalized spacial score (nSPS) is 17.9. The van der Waals surface area contributed by atoms with Gasteiger partial charge >= 0.3 is 18.4 Å². The Kier molecular flexibility index (Phi) is 8.30. The summed E-state index contributed by atoms with van der Waals surface area (Å²) in [7, 11) is 0. The first kappa shape index (κ1) is 24.9. The molecule has 31 heavy (non-hydrogen) atoms. The number of likely N-dealkylation sites (tertiary alicyclic amines) is 1. The average molecular weight is 446 g/mol. The second kappa shape index (κ2) is 10.3. The zero-order chi connectivity index (χ0) is 23.2. The standard InChI is InChI=1S/C21H29F3N2O5/c1-20(2,3)31-19(29)25-17-5-4-9-26(13-17)12-16-7-6-15(18(27)28)11-14(16)8-10-30-21(22,23)24/h6-7,11,17H,4-5,8-10,12-13H2,1-3H3,(H,25,29)(H,27,28)/t17-/m1/s1. The van der Waals surface area contributed by atoms with Crippen LogP contribution in [0, 0.1) is 0 Å². The maximum Gasteiger partial charge on any atom is 0.522 e. The fourth-order valence-corrected chi connectivity index (χ4v) is 3.45. The molecular formula is C21H29F3N2O5. The molecule has 1 aromatic rings. The van der Waals surface area contributed by atoms with E-state index in [2.05, 4.69) is 15.0 Å². The number of carbonyl (C=O) groups is 2. The van der Waals surface area contributed by atoms with Crippen molar-refractivity contribution in [3.63, 3.8) is 0 Å². The van der Waals surface area contributed by atoms with E-state index in [1.54, 1.807) is 26.8 Å². The molecule has 2 rings (SSSR count). The summed E-state index contributed by atoms with van der Waals surface area (Å²) in [4.78, 5) is 25.4. The van der Waals surface area contributed by atoms with Crippen LogP contribution in [0.1, 0.15) is 55.1 Å². The van der Waals surface area contributed by atoms with Crippen molar-refractivity contribution in [1.29, 1.82) is 0 Å². The van der Waals surface area contributed by atoms with Gasteiger partial charge in [-0.2, -0.15) is 0 Å². The van der Waals surface area contributed by atoms with Crippen LogP contribution in [0.4, 0.5) is 18.0 Å². The van der Waals surface area contributed by atoms with Crippen molar-refractivity contribution in [2.24, 2.45) is 0 Å². The number of ether oxygens (including phenoxy) is 2. The molecule has 0 bridgehead atoms. The van der Waals surface area contributed by atoms with Crippen LogP contribution in [0.3, 0.4) is 0 Å². The number of nitrogens with zero attached hydrogens (tertiary/aromatic N) is 1. The van der Waals surface area contributed by atoms with Crippen molar-refractivity contribution in [3.8, 4) is 0 Å². The van der Waals surface area contributed by atoms with E-state index in [0.29, 0.717) is 18.7 Å². The van der Waals surface area contributed by atoms with Gasteiger partial charge < -0.3 is 15.2 Å². The van der Waals surface area contributed by atoms with Gasteiger partial charge in [-0.1, -0.05) is 6.07 Å². The van der Waals surface area contributed by atoms with Gasteiger partial charge in [0.05, 0.1) is 12.2 Å². The Labute approximate surface area is 179 Å². The SMILES string of the molecule is CC(C)(C)OC(=O)N[C@@H]1CCCN(Cc2ccc(C(=O)O)cc2CCOC(F)(F)F)C1. The number of nitrogens with one attached hydrogen (secondary N) is 1. The summed E-state index contributed by atoms with van der Waals surface area (Å²) in [6.07, 6.45) is -3.67. The van der Waals surface area contributed by atoms with Crippen LogP contribution in [0.15, 0.2) is 18.2 Å². The van der Waals surface area contributed by atoms with E-state index in [-0.39, 0.29) is 18.0 Å². The predicted molar refractivity (Wildman–Crippen MR) is 107 cm³/mol. The third-order valence-corrected chi connectivity index (χ3v) is 4.71. The highest BCUT2D eigenvalue weighted by Crippen LogP contribution is 2.21. The van der Waals surface area contributed by atoms with Crippen LogP contribution in [0.25, 0.3) is 0 Å². The smallest absolute Gasteiger partial charge is 0.478 e. The van der Waals surface area contributed by atoms with Crippen molar-refractivity contribution in [2.75, 3.05) is 19.7 Å². The van der Waals surface area contributed by atoms with Gasteiger partial charge in [0.2, 0.25) is 0 Å². The lowest BCUT2D eigenvalue weighted by molar-refractivity contribution is -0.324. The molecule has 1 aromatic carbocycles. The molecule has 7 nitrogen and oxygen atoms in total. The summed E-state index contributed by atoms with van der Waals surface area (Å²) in [5, 5.41) is 12.1. The monoisotopic (exact) mass is 446 g/mol. The van der Waals surface area contributed by atoms with Crippen molar-refractivity contribution in [3.05, 3.63) is 34.9 Å². The lowest BCUT2D eigenvalue weighted by Crippen LogP contribution is -2.48. The third kappa shape index (κ3) is 9.14. The molecular weight excluding hydrogens is 417 g/mol. The number of amides is 1. The Balaban J connectivity index is 2.04. The summed E-state index contributed by atoms with van der Waals surface area (Å²) in [5.41, 5.74) is 0.631. The van der Waals surface area contributed by atoms with E-state index in [9.17, 15) is 27.9 Å². The number of carboxylic acid groups (broad SMARTS) is 1. The Hall–Kier alpha value is -2.33. The minimum Gasteiger partial charge on any atom is -0.478 e. The quantitative estimate of drug-likeness (QED) is 0.660. The van der Waals surface area contributed by atoms with Crippen LogP contribution in [0.2, 0.25) is 0 Å². The number of hydrogen-bond donors (Lipinski definition) is 2. The predicted octanol–water partition coefficient (Wildman–Crippen LogP) is 3.95. The first-order valence-electron chi connectivity index (χ1n) is 10.1. The molecule has 1 aliphatic heterocycles. The van der Waals surface area contributed by atoms with Crippen LogP contribution < -0.4 is 5.32 Å². The molecule has 1 amide bonds. The minimum absolute atomic E-state index is 0.00821. The zero-order valence-corrected chi connectivity index (χ0v) is 17.9. The van der Waals surface area contributed by atoms with Crippen LogP contribution in [-0.4, -0.2) is 59.8 Å². The molecule has 1 heterocycles. The number of hydrogen-bond acceptors (Lipinski definition) is 5. The summed E-state index contributed by atoms with van der Waals surface area (Å²) >= 11 is 0. The molecule has 1 aliphatic rings. The number of aromatic carboxylic acids is 1. The maximum absolute atomic E-state index is 12.3. The van der Waals surface area contributed by atoms with E-state index in [0.717, 1.165) is 24.9 Å². The first-order valence-corrected chi connectivity index (χ1v) is 10.1. The molecule has 1 saturated heterocycles. The van der Waals surface area contributed by atoms with Gasteiger partial charge in [0.25, 0.3) is 0 Å². The highest BCUT2D eigenvalue weighted by atomic mass is 19.4. The Morgan fingerprint density at radius 3 is 2.55 bits per heavy atom. The summed E-state index contributed by atoms with van der Waals surface area (Å²) < 4.78 is 46.1. The summed E-state index contributed by atoms with van der Waals surface area (Å²) in [5.74, 6) is -1.15. The Morgan fingerprint density at radius 2 is 1.94 bits per heavy atom. The number of carboxylic acids is 1. The van der Waals surface area contributed by atoms with E-state index in [1.165, 1.54) is 12.1 Å². The lowest BCUT2D eigenvalue weighted by Gasteiger charge is -2.34. The first-order chi connectivity index (χ1) is 14.3. The molecule has 0 aromatic heterocycles. The molecule has 0 radical (unpaired) electrons. The average Bonchev–Trinajstić information content (AvgIpc) is 2.60. The number of alkyl carbamates (subject to hydrolysis) is 1. The molecule has 1 fully saturated rings. The number of carbonyl (C=O) groups excluding carboxylic acids is 1. The van der Waals surface area contributed by atoms with Crippen molar-refractivity contribution in [2.45, 2.75) is 64.6 Å². The second-order valence-corrected chi connectivity index (χ2v) is 8.55. The van der Waals surface area contributed by atoms with Crippen molar-refractivity contribution < 1.29 is 37.3 Å². The fourth-order valence-electron chi connectivity index (χ4n) is 3.45. The molecule has 174 valence electrons. The fraction of sp³-hybridized carbons (Fsp3) is 0.619. The largest absolute Gasteiger partial charge is 0.522 e. The topological polar surface area (TPSA) is 88.1 Å². The number of benzene rings is 1. The molecule has 0 spiro atoms. The van der Waals surface area contributed by atoms with Crippen molar-refractivity contribution in [1.82, 2.24) is 10.2 Å². The summed E-state index contributed by atoms with van der Waals surface area (Å²) in [6, 6.07) is 4.33. The summed E-state index contributed by atoms with van der Waals surface area (Å²) in [6.45, 7) is 6.49. The van der Waals surface area contributed by atoms with Crippen LogP contribution in [-0.2, 0) is 22.4 Å². The Bertz CT molecular complexity index is 777. The second-order valence-electron chi connectivity index (χ2n) is 8.55. The van der Waals surface area contributed by atoms with Gasteiger partial charge in [0, 0.05) is 19.1 Å². The third-order valence-electron chi connectivity index (χ3n) is 4.71. The van der Waals surface area contributed by atoms with Crippen LogP contribution >= 0.6 is 0 Å². The van der Waals surface area contributed by atoms with E-state index >= 15 is 0 Å². The number of halogens is 3. The van der Waals surface area contributed by atoms with E-state index in [4.69, 9.17) is 4.74 Å². The Morgan fingerprint density at radius 1 is 1.23 bits per heavy atom. The van der Waals surface area contributed by atoms with Crippen molar-refractivity contribution >= 4 is 12.1 Å². The van der Waals surface area contributed by atoms with Gasteiger partial charge in [-0.3, -0.25) is 9.64 Å². The minimum atomic E-state index is -4.74. The van der Waals surface area contributed by atoms with E-state index in [1.807, 2.05) is 0 Å². The number of piperidine rings is 1. The molecule has 0 unspecified atom stereocenters. The molecule has 2 N–H and O–H groups in total. The molecule has 0 saturated carbocycles. The van der Waals surface area contributed by atoms with Gasteiger partial charge in [0.15, 0.2) is 0 Å².